The minimum Gasteiger partial charge on any atom is -0.329 e. The van der Waals surface area contributed by atoms with Gasteiger partial charge < -0.3 is 4.57 Å². The number of imidazole rings is 1. The zero-order chi connectivity index (χ0) is 17.2. The lowest BCUT2D eigenvalue weighted by Crippen LogP contribution is -2.23. The van der Waals surface area contributed by atoms with Crippen LogP contribution in [0.1, 0.15) is 35.1 Å². The van der Waals surface area contributed by atoms with Crippen molar-refractivity contribution >= 4 is 0 Å². The Morgan fingerprint density at radius 3 is 2.72 bits per heavy atom. The average Bonchev–Trinajstić information content (AvgIpc) is 3.31. The molecule has 130 valence electrons. The van der Waals surface area contributed by atoms with Gasteiger partial charge in [-0.05, 0) is 31.9 Å². The van der Waals surface area contributed by atoms with Crippen LogP contribution in [0.25, 0.3) is 0 Å². The Balaban J connectivity index is 1.42. The second-order valence-corrected chi connectivity index (χ2v) is 7.05. The summed E-state index contributed by atoms with van der Waals surface area (Å²) in [5.41, 5.74) is 4.96. The number of hydrogen-bond acceptors (Lipinski definition) is 3. The Bertz CT molecular complexity index is 833. The summed E-state index contributed by atoms with van der Waals surface area (Å²) in [6.45, 7) is 8.21. The second-order valence-electron chi connectivity index (χ2n) is 7.05. The van der Waals surface area contributed by atoms with Gasteiger partial charge in [0, 0.05) is 38.1 Å². The molecule has 2 aromatic heterocycles. The molecular weight excluding hydrogens is 310 g/mol. The number of aromatic nitrogens is 4. The van der Waals surface area contributed by atoms with Crippen molar-refractivity contribution in [2.45, 2.75) is 39.4 Å². The molecule has 5 heteroatoms. The molecule has 0 spiro atoms. The summed E-state index contributed by atoms with van der Waals surface area (Å²) in [5.74, 6) is 0. The van der Waals surface area contributed by atoms with E-state index in [4.69, 9.17) is 0 Å². The van der Waals surface area contributed by atoms with E-state index in [9.17, 15) is 0 Å². The number of benzene rings is 1. The predicted molar refractivity (Wildman–Crippen MR) is 98.4 cm³/mol. The first-order valence-corrected chi connectivity index (χ1v) is 8.97. The van der Waals surface area contributed by atoms with Crippen molar-refractivity contribution in [2.24, 2.45) is 0 Å². The normalized spacial score (nSPS) is 18.1. The van der Waals surface area contributed by atoms with Crippen molar-refractivity contribution in [3.05, 3.63) is 71.6 Å². The molecular formula is C20H25N5. The van der Waals surface area contributed by atoms with E-state index in [1.54, 1.807) is 0 Å². The highest BCUT2D eigenvalue weighted by Gasteiger charge is 2.26. The van der Waals surface area contributed by atoms with E-state index in [0.29, 0.717) is 6.04 Å². The highest BCUT2D eigenvalue weighted by molar-refractivity contribution is 5.16. The minimum absolute atomic E-state index is 0.485. The summed E-state index contributed by atoms with van der Waals surface area (Å²) < 4.78 is 4.46. The molecule has 1 fully saturated rings. The molecule has 1 aliphatic rings. The molecule has 1 saturated heterocycles. The summed E-state index contributed by atoms with van der Waals surface area (Å²) in [5, 5.41) is 4.67. The molecule has 0 N–H and O–H groups in total. The smallest absolute Gasteiger partial charge is 0.0951 e. The maximum atomic E-state index is 4.67. The maximum Gasteiger partial charge on any atom is 0.0951 e. The third kappa shape index (κ3) is 3.51. The monoisotopic (exact) mass is 335 g/mol. The highest BCUT2D eigenvalue weighted by atomic mass is 15.3. The Labute approximate surface area is 148 Å². The Kier molecular flexibility index (Phi) is 4.40. The first kappa shape index (κ1) is 16.1. The fraction of sp³-hybridized carbons (Fsp3) is 0.400. The summed E-state index contributed by atoms with van der Waals surface area (Å²) in [4.78, 5) is 6.89. The molecule has 1 atom stereocenters. The lowest BCUT2D eigenvalue weighted by Gasteiger charge is -2.18. The fourth-order valence-electron chi connectivity index (χ4n) is 3.80. The van der Waals surface area contributed by atoms with E-state index in [2.05, 4.69) is 74.5 Å². The van der Waals surface area contributed by atoms with Crippen LogP contribution in [0.2, 0.25) is 0 Å². The lowest BCUT2D eigenvalue weighted by atomic mass is 10.2. The van der Waals surface area contributed by atoms with Crippen molar-refractivity contribution in [3.63, 3.8) is 0 Å². The number of nitrogens with zero attached hydrogens (tertiary/aromatic N) is 5. The van der Waals surface area contributed by atoms with Gasteiger partial charge in [-0.25, -0.2) is 4.98 Å². The molecule has 3 heterocycles. The van der Waals surface area contributed by atoms with E-state index < -0.39 is 0 Å². The first-order chi connectivity index (χ1) is 12.2. The molecule has 0 bridgehead atoms. The van der Waals surface area contributed by atoms with Gasteiger partial charge in [0.1, 0.15) is 0 Å². The van der Waals surface area contributed by atoms with Crippen LogP contribution in [0.15, 0.2) is 48.9 Å². The van der Waals surface area contributed by atoms with Gasteiger partial charge in [0.15, 0.2) is 0 Å². The number of likely N-dealkylation sites (tertiary alicyclic amines) is 1. The van der Waals surface area contributed by atoms with Crippen LogP contribution in [0, 0.1) is 13.8 Å². The number of hydrogen-bond donors (Lipinski definition) is 0. The van der Waals surface area contributed by atoms with Gasteiger partial charge in [-0.2, -0.15) is 5.10 Å². The molecule has 3 aromatic rings. The molecule has 1 aromatic carbocycles. The average molecular weight is 335 g/mol. The minimum atomic E-state index is 0.485. The van der Waals surface area contributed by atoms with Crippen molar-refractivity contribution in [1.82, 2.24) is 24.2 Å². The van der Waals surface area contributed by atoms with Gasteiger partial charge in [0.2, 0.25) is 0 Å². The largest absolute Gasteiger partial charge is 0.329 e. The van der Waals surface area contributed by atoms with Crippen LogP contribution in [-0.4, -0.2) is 37.3 Å². The van der Waals surface area contributed by atoms with Gasteiger partial charge >= 0.3 is 0 Å². The fourth-order valence-corrected chi connectivity index (χ4v) is 3.80. The summed E-state index contributed by atoms with van der Waals surface area (Å²) in [6.07, 6.45) is 5.10. The molecule has 25 heavy (non-hydrogen) atoms. The number of aryl methyl sites for hydroxylation is 2. The molecule has 0 aliphatic carbocycles. The lowest BCUT2D eigenvalue weighted by molar-refractivity contribution is 0.303. The molecule has 1 aliphatic heterocycles. The van der Waals surface area contributed by atoms with Crippen LogP contribution >= 0.6 is 0 Å². The molecule has 0 saturated carbocycles. The van der Waals surface area contributed by atoms with Crippen LogP contribution in [-0.2, 0) is 13.1 Å². The predicted octanol–water partition coefficient (Wildman–Crippen LogP) is 3.19. The topological polar surface area (TPSA) is 38.9 Å². The molecule has 4 rings (SSSR count). The van der Waals surface area contributed by atoms with Crippen LogP contribution in [0.3, 0.4) is 0 Å². The molecule has 0 amide bonds. The Hall–Kier alpha value is -2.40. The summed E-state index contributed by atoms with van der Waals surface area (Å²) in [7, 11) is 0. The first-order valence-electron chi connectivity index (χ1n) is 8.97. The SMILES string of the molecule is Cc1cc(C)n([C@@H]2CCN(Cc3cncn3Cc3ccccc3)C2)n1. The Morgan fingerprint density at radius 1 is 1.12 bits per heavy atom. The van der Waals surface area contributed by atoms with Crippen molar-refractivity contribution in [2.75, 3.05) is 13.1 Å². The van der Waals surface area contributed by atoms with Gasteiger partial charge in [-0.1, -0.05) is 30.3 Å². The van der Waals surface area contributed by atoms with Crippen molar-refractivity contribution in [1.29, 1.82) is 0 Å². The molecule has 0 radical (unpaired) electrons. The molecule has 0 unspecified atom stereocenters. The molecule has 5 nitrogen and oxygen atoms in total. The highest BCUT2D eigenvalue weighted by Crippen LogP contribution is 2.24. The standard InChI is InChI=1S/C20H25N5/c1-16-10-17(2)25(22-16)19-8-9-23(13-19)14-20-11-21-15-24(20)12-18-6-4-3-5-7-18/h3-7,10-11,15,19H,8-9,12-14H2,1-2H3/t19-/m1/s1. The number of rotatable bonds is 5. The van der Waals surface area contributed by atoms with Crippen molar-refractivity contribution < 1.29 is 0 Å². The maximum absolute atomic E-state index is 4.67. The van der Waals surface area contributed by atoms with Gasteiger partial charge in [-0.3, -0.25) is 9.58 Å². The van der Waals surface area contributed by atoms with Gasteiger partial charge in [-0.15, -0.1) is 0 Å². The summed E-state index contributed by atoms with van der Waals surface area (Å²) >= 11 is 0. The van der Waals surface area contributed by atoms with E-state index in [1.165, 1.54) is 17.0 Å². The zero-order valence-electron chi connectivity index (χ0n) is 15.0. The zero-order valence-corrected chi connectivity index (χ0v) is 15.0. The van der Waals surface area contributed by atoms with E-state index in [1.807, 2.05) is 12.5 Å². The van der Waals surface area contributed by atoms with Crippen LogP contribution < -0.4 is 0 Å². The van der Waals surface area contributed by atoms with Gasteiger partial charge in [0.25, 0.3) is 0 Å². The summed E-state index contributed by atoms with van der Waals surface area (Å²) in [6, 6.07) is 13.2. The van der Waals surface area contributed by atoms with Crippen LogP contribution in [0.4, 0.5) is 0 Å². The second kappa shape index (κ2) is 6.84. The van der Waals surface area contributed by atoms with Crippen LogP contribution in [0.5, 0.6) is 0 Å². The van der Waals surface area contributed by atoms with Gasteiger partial charge in [0.05, 0.1) is 23.8 Å². The van der Waals surface area contributed by atoms with E-state index >= 15 is 0 Å². The van der Waals surface area contributed by atoms with Crippen molar-refractivity contribution in [3.8, 4) is 0 Å². The quantitative estimate of drug-likeness (QED) is 0.719. The van der Waals surface area contributed by atoms with E-state index in [-0.39, 0.29) is 0 Å². The Morgan fingerprint density at radius 2 is 1.96 bits per heavy atom. The third-order valence-electron chi connectivity index (χ3n) is 5.02. The third-order valence-corrected chi connectivity index (χ3v) is 5.02. The van der Waals surface area contributed by atoms with E-state index in [0.717, 1.165) is 38.3 Å².